The summed E-state index contributed by atoms with van der Waals surface area (Å²) < 4.78 is 0. The number of H-pyrrole nitrogens is 1. The van der Waals surface area contributed by atoms with E-state index >= 15 is 0 Å². The Morgan fingerprint density at radius 1 is 0.920 bits per heavy atom. The number of anilines is 1. The first kappa shape index (κ1) is 15.1. The fourth-order valence-corrected chi connectivity index (χ4v) is 2.88. The third-order valence-electron chi connectivity index (χ3n) is 4.12. The van der Waals surface area contributed by atoms with Crippen molar-refractivity contribution < 1.29 is 4.79 Å². The fraction of sp³-hybridized carbons (Fsp3) is 0.0476. The van der Waals surface area contributed by atoms with E-state index in [1.165, 1.54) is 0 Å². The van der Waals surface area contributed by atoms with E-state index in [1.54, 1.807) is 11.1 Å². The standard InChI is InChI=1S/C21H17N3O/c25-21(20-14-16-8-4-5-12-19(16)23-20)24(18-10-2-1-3-11-18)15-17-9-6-7-13-22-17/h1-14,23H,15H2. The van der Waals surface area contributed by atoms with Gasteiger partial charge in [-0.25, -0.2) is 0 Å². The van der Waals surface area contributed by atoms with E-state index < -0.39 is 0 Å². The van der Waals surface area contributed by atoms with Crippen LogP contribution >= 0.6 is 0 Å². The van der Waals surface area contributed by atoms with Crippen molar-refractivity contribution in [2.24, 2.45) is 0 Å². The van der Waals surface area contributed by atoms with Crippen LogP contribution in [0.3, 0.4) is 0 Å². The third kappa shape index (κ3) is 3.15. The smallest absolute Gasteiger partial charge is 0.275 e. The number of hydrogen-bond donors (Lipinski definition) is 1. The first-order valence-corrected chi connectivity index (χ1v) is 8.16. The van der Waals surface area contributed by atoms with Gasteiger partial charge in [0.25, 0.3) is 5.91 Å². The maximum Gasteiger partial charge on any atom is 0.275 e. The topological polar surface area (TPSA) is 49.0 Å². The first-order valence-electron chi connectivity index (χ1n) is 8.16. The molecule has 4 aromatic rings. The molecule has 0 aliphatic rings. The van der Waals surface area contributed by atoms with E-state index in [-0.39, 0.29) is 5.91 Å². The molecule has 0 saturated carbocycles. The second-order valence-corrected chi connectivity index (χ2v) is 5.82. The largest absolute Gasteiger partial charge is 0.351 e. The Hall–Kier alpha value is -3.40. The lowest BCUT2D eigenvalue weighted by Gasteiger charge is -2.22. The molecule has 122 valence electrons. The summed E-state index contributed by atoms with van der Waals surface area (Å²) in [6.45, 7) is 0.416. The number of benzene rings is 2. The molecule has 4 rings (SSSR count). The number of carbonyl (C=O) groups excluding carboxylic acids is 1. The van der Waals surface area contributed by atoms with Crippen molar-refractivity contribution in [1.29, 1.82) is 0 Å². The number of fused-ring (bicyclic) bond motifs is 1. The molecule has 1 amide bonds. The van der Waals surface area contributed by atoms with Crippen LogP contribution in [0.4, 0.5) is 5.69 Å². The van der Waals surface area contributed by atoms with Crippen LogP contribution in [-0.4, -0.2) is 15.9 Å². The Bertz CT molecular complexity index is 960. The van der Waals surface area contributed by atoms with E-state index in [0.717, 1.165) is 22.3 Å². The average Bonchev–Trinajstić information content (AvgIpc) is 3.11. The molecule has 0 bridgehead atoms. The summed E-state index contributed by atoms with van der Waals surface area (Å²) in [7, 11) is 0. The molecular weight excluding hydrogens is 310 g/mol. The second kappa shape index (κ2) is 6.61. The normalized spacial score (nSPS) is 10.7. The number of rotatable bonds is 4. The molecule has 0 atom stereocenters. The highest BCUT2D eigenvalue weighted by atomic mass is 16.2. The van der Waals surface area contributed by atoms with Crippen LogP contribution < -0.4 is 4.90 Å². The molecule has 1 N–H and O–H groups in total. The number of nitrogens with one attached hydrogen (secondary N) is 1. The van der Waals surface area contributed by atoms with E-state index in [2.05, 4.69) is 9.97 Å². The molecule has 0 spiro atoms. The summed E-state index contributed by atoms with van der Waals surface area (Å²) in [5.41, 5.74) is 3.21. The summed E-state index contributed by atoms with van der Waals surface area (Å²) in [5.74, 6) is -0.0759. The molecular formula is C21H17N3O. The molecule has 0 fully saturated rings. The average molecular weight is 327 g/mol. The van der Waals surface area contributed by atoms with Crippen molar-refractivity contribution in [2.45, 2.75) is 6.54 Å². The van der Waals surface area contributed by atoms with Gasteiger partial charge in [-0.15, -0.1) is 0 Å². The lowest BCUT2D eigenvalue weighted by atomic mass is 10.2. The first-order chi connectivity index (χ1) is 12.3. The Labute approximate surface area is 145 Å². The summed E-state index contributed by atoms with van der Waals surface area (Å²) in [5, 5.41) is 1.02. The van der Waals surface area contributed by atoms with Crippen LogP contribution in [-0.2, 0) is 6.54 Å². The van der Waals surface area contributed by atoms with Gasteiger partial charge < -0.3 is 9.88 Å². The predicted molar refractivity (Wildman–Crippen MR) is 99.5 cm³/mol. The second-order valence-electron chi connectivity index (χ2n) is 5.82. The Kier molecular flexibility index (Phi) is 4.01. The summed E-state index contributed by atoms with van der Waals surface area (Å²) in [6.07, 6.45) is 1.74. The van der Waals surface area contributed by atoms with Crippen molar-refractivity contribution in [3.63, 3.8) is 0 Å². The zero-order valence-electron chi connectivity index (χ0n) is 13.6. The van der Waals surface area contributed by atoms with Gasteiger partial charge in [0.2, 0.25) is 0 Å². The van der Waals surface area contributed by atoms with E-state index in [9.17, 15) is 4.79 Å². The van der Waals surface area contributed by atoms with Gasteiger partial charge in [-0.1, -0.05) is 42.5 Å². The molecule has 0 aliphatic carbocycles. The number of hydrogen-bond acceptors (Lipinski definition) is 2. The summed E-state index contributed by atoms with van der Waals surface area (Å²) >= 11 is 0. The van der Waals surface area contributed by atoms with Crippen LogP contribution in [0.2, 0.25) is 0 Å². The fourth-order valence-electron chi connectivity index (χ4n) is 2.88. The highest BCUT2D eigenvalue weighted by Crippen LogP contribution is 2.21. The molecule has 0 radical (unpaired) electrons. The van der Waals surface area contributed by atoms with Gasteiger partial charge >= 0.3 is 0 Å². The number of aromatic nitrogens is 2. The van der Waals surface area contributed by atoms with Gasteiger partial charge in [0, 0.05) is 22.8 Å². The van der Waals surface area contributed by atoms with E-state index in [4.69, 9.17) is 0 Å². The monoisotopic (exact) mass is 327 g/mol. The van der Waals surface area contributed by atoms with Crippen LogP contribution in [0.1, 0.15) is 16.2 Å². The summed E-state index contributed by atoms with van der Waals surface area (Å²) in [6, 6.07) is 25.2. The molecule has 0 unspecified atom stereocenters. The number of carbonyl (C=O) groups is 1. The van der Waals surface area contributed by atoms with Gasteiger partial charge in [-0.3, -0.25) is 9.78 Å². The minimum absolute atomic E-state index is 0.0759. The quantitative estimate of drug-likeness (QED) is 0.603. The Morgan fingerprint density at radius 3 is 2.44 bits per heavy atom. The van der Waals surface area contributed by atoms with Crippen molar-refractivity contribution in [2.75, 3.05) is 4.90 Å². The Balaban J connectivity index is 1.72. The highest BCUT2D eigenvalue weighted by Gasteiger charge is 2.20. The van der Waals surface area contributed by atoms with Crippen LogP contribution in [0.5, 0.6) is 0 Å². The van der Waals surface area contributed by atoms with E-state index in [0.29, 0.717) is 12.2 Å². The maximum absolute atomic E-state index is 13.2. The zero-order chi connectivity index (χ0) is 17.1. The van der Waals surface area contributed by atoms with Gasteiger partial charge in [-0.05, 0) is 36.4 Å². The van der Waals surface area contributed by atoms with Gasteiger partial charge in [0.15, 0.2) is 0 Å². The van der Waals surface area contributed by atoms with Gasteiger partial charge in [-0.2, -0.15) is 0 Å². The molecule has 0 aliphatic heterocycles. The molecule has 0 saturated heterocycles. The number of aromatic amines is 1. The lowest BCUT2D eigenvalue weighted by Crippen LogP contribution is -2.31. The van der Waals surface area contributed by atoms with Crippen molar-refractivity contribution >= 4 is 22.5 Å². The van der Waals surface area contributed by atoms with Crippen LogP contribution in [0, 0.1) is 0 Å². The molecule has 25 heavy (non-hydrogen) atoms. The summed E-state index contributed by atoms with van der Waals surface area (Å²) in [4.78, 5) is 22.5. The van der Waals surface area contributed by atoms with Crippen molar-refractivity contribution in [1.82, 2.24) is 9.97 Å². The third-order valence-corrected chi connectivity index (χ3v) is 4.12. The molecule has 2 heterocycles. The van der Waals surface area contributed by atoms with Gasteiger partial charge in [0.1, 0.15) is 5.69 Å². The number of para-hydroxylation sites is 2. The number of pyridine rings is 1. The van der Waals surface area contributed by atoms with Crippen molar-refractivity contribution in [3.8, 4) is 0 Å². The molecule has 4 heteroatoms. The minimum Gasteiger partial charge on any atom is -0.351 e. The highest BCUT2D eigenvalue weighted by molar-refractivity contribution is 6.07. The van der Waals surface area contributed by atoms with Gasteiger partial charge in [0.05, 0.1) is 12.2 Å². The van der Waals surface area contributed by atoms with E-state index in [1.807, 2.05) is 78.9 Å². The van der Waals surface area contributed by atoms with Crippen LogP contribution in [0.25, 0.3) is 10.9 Å². The molecule has 4 nitrogen and oxygen atoms in total. The van der Waals surface area contributed by atoms with Crippen molar-refractivity contribution in [3.05, 3.63) is 96.4 Å². The predicted octanol–water partition coefficient (Wildman–Crippen LogP) is 4.41. The Morgan fingerprint density at radius 2 is 1.68 bits per heavy atom. The van der Waals surface area contributed by atoms with Crippen LogP contribution in [0.15, 0.2) is 85.1 Å². The number of nitrogens with zero attached hydrogens (tertiary/aromatic N) is 2. The SMILES string of the molecule is O=C(c1cc2ccccc2[nH]1)N(Cc1ccccn1)c1ccccc1. The lowest BCUT2D eigenvalue weighted by molar-refractivity contribution is 0.0981. The number of amides is 1. The zero-order valence-corrected chi connectivity index (χ0v) is 13.6. The molecule has 2 aromatic heterocycles. The minimum atomic E-state index is -0.0759. The maximum atomic E-state index is 13.2. The molecule has 2 aromatic carbocycles.